The summed E-state index contributed by atoms with van der Waals surface area (Å²) < 4.78 is 19.7. The standard InChI is InChI=1S/C19H18FNO2S2/c1-2-3-4-10-21-18(22)17(25-19(21)24)12-15-8-9-16(23-15)13-6-5-7-14(20)11-13/h5-9,11-12H,2-4,10H2,1H3/b17-12+. The van der Waals surface area contributed by atoms with E-state index in [1.807, 2.05) is 0 Å². The molecular formula is C19H18FNO2S2. The quantitative estimate of drug-likeness (QED) is 0.380. The number of thiocarbonyl (C=S) groups is 1. The van der Waals surface area contributed by atoms with Gasteiger partial charge in [0.2, 0.25) is 0 Å². The second-order valence-corrected chi connectivity index (χ2v) is 7.43. The molecule has 0 bridgehead atoms. The van der Waals surface area contributed by atoms with Crippen LogP contribution in [-0.2, 0) is 4.79 Å². The SMILES string of the molecule is CCCCCN1C(=O)/C(=C\c2ccc(-c3cccc(F)c3)o2)SC1=S. The zero-order chi connectivity index (χ0) is 17.8. The minimum Gasteiger partial charge on any atom is -0.457 e. The number of thioether (sulfide) groups is 1. The Morgan fingerprint density at radius 2 is 2.12 bits per heavy atom. The molecule has 25 heavy (non-hydrogen) atoms. The van der Waals surface area contributed by atoms with Gasteiger partial charge in [0, 0.05) is 18.2 Å². The molecule has 1 aromatic carbocycles. The summed E-state index contributed by atoms with van der Waals surface area (Å²) in [5.74, 6) is 0.718. The number of unbranched alkanes of at least 4 members (excludes halogenated alkanes) is 2. The van der Waals surface area contributed by atoms with Crippen LogP contribution < -0.4 is 0 Å². The van der Waals surface area contributed by atoms with Crippen LogP contribution >= 0.6 is 24.0 Å². The fourth-order valence-electron chi connectivity index (χ4n) is 2.57. The van der Waals surface area contributed by atoms with Crippen LogP contribution in [0.2, 0.25) is 0 Å². The number of hydrogen-bond acceptors (Lipinski definition) is 4. The van der Waals surface area contributed by atoms with Gasteiger partial charge in [-0.1, -0.05) is 55.9 Å². The Balaban J connectivity index is 1.75. The zero-order valence-electron chi connectivity index (χ0n) is 13.8. The van der Waals surface area contributed by atoms with Crippen LogP contribution in [0.3, 0.4) is 0 Å². The molecule has 0 spiro atoms. The number of furan rings is 1. The van der Waals surface area contributed by atoms with Crippen molar-refractivity contribution in [2.24, 2.45) is 0 Å². The lowest BCUT2D eigenvalue weighted by molar-refractivity contribution is -0.122. The average Bonchev–Trinajstić information content (AvgIpc) is 3.15. The van der Waals surface area contributed by atoms with Crippen LogP contribution in [0.4, 0.5) is 4.39 Å². The maximum Gasteiger partial charge on any atom is 0.266 e. The van der Waals surface area contributed by atoms with Gasteiger partial charge in [-0.2, -0.15) is 0 Å². The predicted molar refractivity (Wildman–Crippen MR) is 104 cm³/mol. The van der Waals surface area contributed by atoms with E-state index in [1.165, 1.54) is 23.9 Å². The molecule has 1 aliphatic rings. The van der Waals surface area contributed by atoms with E-state index in [1.54, 1.807) is 35.2 Å². The molecule has 1 amide bonds. The molecule has 0 atom stereocenters. The van der Waals surface area contributed by atoms with Gasteiger partial charge in [-0.15, -0.1) is 0 Å². The van der Waals surface area contributed by atoms with E-state index in [9.17, 15) is 9.18 Å². The van der Waals surface area contributed by atoms with Crippen LogP contribution in [0.15, 0.2) is 45.7 Å². The highest BCUT2D eigenvalue weighted by Crippen LogP contribution is 2.33. The van der Waals surface area contributed by atoms with Gasteiger partial charge in [-0.05, 0) is 30.7 Å². The number of carbonyl (C=O) groups excluding carboxylic acids is 1. The summed E-state index contributed by atoms with van der Waals surface area (Å²) in [5, 5.41) is 0. The molecule has 0 aliphatic carbocycles. The van der Waals surface area contributed by atoms with Crippen molar-refractivity contribution in [1.29, 1.82) is 0 Å². The van der Waals surface area contributed by atoms with E-state index in [0.29, 0.717) is 32.9 Å². The number of carbonyl (C=O) groups is 1. The van der Waals surface area contributed by atoms with Crippen LogP contribution in [0.1, 0.15) is 31.9 Å². The number of rotatable bonds is 6. The first-order chi connectivity index (χ1) is 12.1. The number of benzene rings is 1. The van der Waals surface area contributed by atoms with Crippen molar-refractivity contribution in [2.45, 2.75) is 26.2 Å². The van der Waals surface area contributed by atoms with Gasteiger partial charge in [0.15, 0.2) is 0 Å². The van der Waals surface area contributed by atoms with E-state index in [2.05, 4.69) is 6.92 Å². The van der Waals surface area contributed by atoms with Crippen molar-refractivity contribution in [3.05, 3.63) is 52.9 Å². The molecule has 1 saturated heterocycles. The predicted octanol–water partition coefficient (Wildman–Crippen LogP) is 5.48. The maximum absolute atomic E-state index is 13.3. The Kier molecular flexibility index (Phi) is 5.71. The highest BCUT2D eigenvalue weighted by Gasteiger charge is 2.31. The van der Waals surface area contributed by atoms with E-state index in [0.717, 1.165) is 19.3 Å². The van der Waals surface area contributed by atoms with Gasteiger partial charge in [0.1, 0.15) is 21.7 Å². The van der Waals surface area contributed by atoms with E-state index in [4.69, 9.17) is 16.6 Å². The first-order valence-corrected chi connectivity index (χ1v) is 9.42. The van der Waals surface area contributed by atoms with Crippen molar-refractivity contribution in [3.8, 4) is 11.3 Å². The summed E-state index contributed by atoms with van der Waals surface area (Å²) in [7, 11) is 0. The van der Waals surface area contributed by atoms with Crippen molar-refractivity contribution >= 4 is 40.3 Å². The van der Waals surface area contributed by atoms with Gasteiger partial charge in [0.05, 0.1) is 4.91 Å². The Bertz CT molecular complexity index is 828. The summed E-state index contributed by atoms with van der Waals surface area (Å²) in [6.45, 7) is 2.78. The van der Waals surface area contributed by atoms with E-state index < -0.39 is 0 Å². The monoisotopic (exact) mass is 375 g/mol. The van der Waals surface area contributed by atoms with Crippen LogP contribution in [-0.4, -0.2) is 21.7 Å². The van der Waals surface area contributed by atoms with E-state index in [-0.39, 0.29) is 11.7 Å². The Morgan fingerprint density at radius 1 is 1.28 bits per heavy atom. The highest BCUT2D eigenvalue weighted by atomic mass is 32.2. The molecule has 0 unspecified atom stereocenters. The van der Waals surface area contributed by atoms with Crippen LogP contribution in [0.25, 0.3) is 17.4 Å². The second-order valence-electron chi connectivity index (χ2n) is 5.75. The lowest BCUT2D eigenvalue weighted by Gasteiger charge is -2.13. The van der Waals surface area contributed by atoms with Crippen molar-refractivity contribution in [1.82, 2.24) is 4.90 Å². The van der Waals surface area contributed by atoms with Gasteiger partial charge in [-0.3, -0.25) is 9.69 Å². The molecule has 1 aromatic heterocycles. The minimum atomic E-state index is -0.316. The summed E-state index contributed by atoms with van der Waals surface area (Å²) in [6, 6.07) is 9.74. The zero-order valence-corrected chi connectivity index (χ0v) is 15.5. The third kappa shape index (κ3) is 4.19. The summed E-state index contributed by atoms with van der Waals surface area (Å²) >= 11 is 6.60. The molecule has 130 valence electrons. The number of nitrogens with zero attached hydrogens (tertiary/aromatic N) is 1. The molecule has 0 saturated carbocycles. The Labute approximate surface area is 155 Å². The minimum absolute atomic E-state index is 0.0743. The van der Waals surface area contributed by atoms with Crippen molar-refractivity contribution in [3.63, 3.8) is 0 Å². The first kappa shape index (κ1) is 17.9. The van der Waals surface area contributed by atoms with Crippen molar-refractivity contribution < 1.29 is 13.6 Å². The normalized spacial score (nSPS) is 16.2. The fourth-order valence-corrected chi connectivity index (χ4v) is 3.86. The smallest absolute Gasteiger partial charge is 0.266 e. The molecule has 3 nitrogen and oxygen atoms in total. The molecule has 1 aliphatic heterocycles. The molecule has 2 heterocycles. The molecule has 1 fully saturated rings. The van der Waals surface area contributed by atoms with Gasteiger partial charge >= 0.3 is 0 Å². The molecule has 0 radical (unpaired) electrons. The fraction of sp³-hybridized carbons (Fsp3) is 0.263. The van der Waals surface area contributed by atoms with Gasteiger partial charge in [0.25, 0.3) is 5.91 Å². The summed E-state index contributed by atoms with van der Waals surface area (Å²) in [4.78, 5) is 14.7. The largest absolute Gasteiger partial charge is 0.457 e. The summed E-state index contributed by atoms with van der Waals surface area (Å²) in [6.07, 6.45) is 4.81. The maximum atomic E-state index is 13.3. The van der Waals surface area contributed by atoms with Gasteiger partial charge < -0.3 is 4.42 Å². The van der Waals surface area contributed by atoms with Crippen LogP contribution in [0.5, 0.6) is 0 Å². The van der Waals surface area contributed by atoms with E-state index >= 15 is 0 Å². The van der Waals surface area contributed by atoms with Crippen LogP contribution in [0, 0.1) is 5.82 Å². The molecule has 3 rings (SSSR count). The summed E-state index contributed by atoms with van der Waals surface area (Å²) in [5.41, 5.74) is 0.659. The lowest BCUT2D eigenvalue weighted by atomic mass is 10.2. The molecule has 0 N–H and O–H groups in total. The first-order valence-electron chi connectivity index (χ1n) is 8.19. The third-order valence-corrected chi connectivity index (χ3v) is 5.25. The topological polar surface area (TPSA) is 33.5 Å². The number of halogens is 1. The highest BCUT2D eigenvalue weighted by molar-refractivity contribution is 8.26. The third-order valence-electron chi connectivity index (χ3n) is 3.87. The Morgan fingerprint density at radius 3 is 2.88 bits per heavy atom. The Hall–Kier alpha value is -1.92. The second kappa shape index (κ2) is 7.97. The van der Waals surface area contributed by atoms with Crippen molar-refractivity contribution in [2.75, 3.05) is 6.54 Å². The number of amides is 1. The molecule has 2 aromatic rings. The number of hydrogen-bond donors (Lipinski definition) is 0. The lowest BCUT2D eigenvalue weighted by Crippen LogP contribution is -2.28. The average molecular weight is 375 g/mol. The van der Waals surface area contributed by atoms with Gasteiger partial charge in [-0.25, -0.2) is 4.39 Å². The molecule has 6 heteroatoms. The molecular weight excluding hydrogens is 357 g/mol.